The van der Waals surface area contributed by atoms with Crippen molar-refractivity contribution >= 4 is 49.7 Å². The molecule has 4 rings (SSSR count). The minimum atomic E-state index is -0.0978. The molecule has 0 aliphatic heterocycles. The van der Waals surface area contributed by atoms with Crippen molar-refractivity contribution in [3.8, 4) is 34.2 Å². The molecular weight excluding hydrogens is 618 g/mol. The van der Waals surface area contributed by atoms with Crippen LogP contribution in [0, 0.1) is 11.3 Å². The Hall–Kier alpha value is -3.44. The second-order valence-corrected chi connectivity index (χ2v) is 10.9. The van der Waals surface area contributed by atoms with Crippen molar-refractivity contribution in [2.45, 2.75) is 13.0 Å². The molecule has 0 bridgehead atoms. The van der Waals surface area contributed by atoms with E-state index in [0.29, 0.717) is 18.7 Å². The Kier molecular flexibility index (Phi) is 9.58. The number of aromatic nitrogens is 1. The third-order valence-corrected chi connectivity index (χ3v) is 8.09. The lowest BCUT2D eigenvalue weighted by Gasteiger charge is -2.17. The van der Waals surface area contributed by atoms with Gasteiger partial charge in [0, 0.05) is 47.5 Å². The molecule has 3 aromatic carbocycles. The van der Waals surface area contributed by atoms with Crippen molar-refractivity contribution < 1.29 is 14.4 Å². The summed E-state index contributed by atoms with van der Waals surface area (Å²) in [5.41, 5.74) is 8.06. The number of nitriles is 1. The van der Waals surface area contributed by atoms with Crippen molar-refractivity contribution in [2.24, 2.45) is 7.05 Å². The van der Waals surface area contributed by atoms with Crippen LogP contribution < -0.4 is 14.2 Å². The maximum Gasteiger partial charge on any atom is 0.213 e. The van der Waals surface area contributed by atoms with E-state index in [9.17, 15) is 5.11 Å². The second kappa shape index (κ2) is 13.1. The van der Waals surface area contributed by atoms with Crippen molar-refractivity contribution in [2.75, 3.05) is 25.6 Å². The molecule has 198 valence electrons. The maximum atomic E-state index is 9.95. The number of pyridine rings is 1. The summed E-state index contributed by atoms with van der Waals surface area (Å²) in [6, 6.07) is 27.1. The van der Waals surface area contributed by atoms with E-state index in [0.717, 1.165) is 53.8 Å². The van der Waals surface area contributed by atoms with Crippen LogP contribution in [-0.4, -0.2) is 25.8 Å². The van der Waals surface area contributed by atoms with Gasteiger partial charge < -0.3 is 14.7 Å². The van der Waals surface area contributed by atoms with Crippen molar-refractivity contribution in [1.29, 1.82) is 5.26 Å². The minimum Gasteiger partial charge on any atom is -0.496 e. The number of methoxy groups -OCH3 is 1. The van der Waals surface area contributed by atoms with Gasteiger partial charge in [-0.1, -0.05) is 28.1 Å². The molecule has 5 nitrogen and oxygen atoms in total. The summed E-state index contributed by atoms with van der Waals surface area (Å²) in [5, 5.41) is 18.8. The van der Waals surface area contributed by atoms with E-state index in [4.69, 9.17) is 10.00 Å². The Bertz CT molecular complexity index is 1500. The molecule has 0 spiro atoms. The molecule has 7 heteroatoms. The average molecular weight is 648 g/mol. The molecule has 0 unspecified atom stereocenters. The molecule has 0 radical (unpaired) electrons. The van der Waals surface area contributed by atoms with E-state index in [-0.39, 0.29) is 6.61 Å². The second-order valence-electron chi connectivity index (χ2n) is 9.18. The normalized spacial score (nSPS) is 11.0. The molecule has 0 fully saturated rings. The minimum absolute atomic E-state index is 0.0978. The highest BCUT2D eigenvalue weighted by molar-refractivity contribution is 9.10. The summed E-state index contributed by atoms with van der Waals surface area (Å²) in [5.74, 6) is 0.673. The number of benzene rings is 3. The van der Waals surface area contributed by atoms with Gasteiger partial charge in [0.1, 0.15) is 12.8 Å². The van der Waals surface area contributed by atoms with Crippen LogP contribution in [0.1, 0.15) is 23.2 Å². The van der Waals surface area contributed by atoms with Crippen LogP contribution in [0.2, 0.25) is 0 Å². The van der Waals surface area contributed by atoms with Gasteiger partial charge in [-0.2, -0.15) is 9.83 Å². The number of anilines is 1. The summed E-state index contributed by atoms with van der Waals surface area (Å²) in [6.45, 7) is 0.603. The molecular formula is C32H30Br2N3O2+. The average Bonchev–Trinajstić information content (AvgIpc) is 2.96. The molecule has 1 aromatic heterocycles. The Balaban J connectivity index is 1.78. The van der Waals surface area contributed by atoms with Crippen molar-refractivity contribution in [3.05, 3.63) is 98.6 Å². The van der Waals surface area contributed by atoms with Gasteiger partial charge in [-0.15, -0.1) is 0 Å². The number of halogens is 2. The summed E-state index contributed by atoms with van der Waals surface area (Å²) in [4.78, 5) is 2.08. The topological polar surface area (TPSA) is 60.4 Å². The van der Waals surface area contributed by atoms with Crippen LogP contribution in [0.4, 0.5) is 5.69 Å². The number of hydrogen-bond donors (Lipinski definition) is 1. The van der Waals surface area contributed by atoms with Crippen molar-refractivity contribution in [3.63, 3.8) is 0 Å². The largest absolute Gasteiger partial charge is 0.496 e. The fourth-order valence-electron chi connectivity index (χ4n) is 4.36. The van der Waals surface area contributed by atoms with E-state index in [1.807, 2.05) is 31.3 Å². The fourth-order valence-corrected chi connectivity index (χ4v) is 5.14. The molecule has 39 heavy (non-hydrogen) atoms. The zero-order valence-electron chi connectivity index (χ0n) is 22.2. The number of hydrogen-bond acceptors (Lipinski definition) is 4. The Labute approximate surface area is 246 Å². The smallest absolute Gasteiger partial charge is 0.213 e. The molecule has 4 aromatic rings. The van der Waals surface area contributed by atoms with Crippen molar-refractivity contribution in [1.82, 2.24) is 0 Å². The molecule has 0 aliphatic rings. The molecule has 0 saturated heterocycles. The van der Waals surface area contributed by atoms with Crippen LogP contribution in [0.5, 0.6) is 5.75 Å². The molecule has 0 aliphatic carbocycles. The van der Waals surface area contributed by atoms with E-state index < -0.39 is 0 Å². The third kappa shape index (κ3) is 6.77. The number of nitrogens with zero attached hydrogens (tertiary/aromatic N) is 3. The number of ether oxygens (including phenoxy) is 1. The predicted octanol–water partition coefficient (Wildman–Crippen LogP) is 7.39. The predicted molar refractivity (Wildman–Crippen MR) is 165 cm³/mol. The lowest BCUT2D eigenvalue weighted by molar-refractivity contribution is -0.662. The van der Waals surface area contributed by atoms with E-state index in [1.165, 1.54) is 0 Å². The summed E-state index contributed by atoms with van der Waals surface area (Å²) in [7, 11) is 5.69. The lowest BCUT2D eigenvalue weighted by atomic mass is 9.99. The highest BCUT2D eigenvalue weighted by Gasteiger charge is 2.18. The quantitative estimate of drug-likeness (QED) is 0.193. The molecule has 1 N–H and O–H groups in total. The number of aliphatic hydroxyl groups excluding tert-OH is 1. The summed E-state index contributed by atoms with van der Waals surface area (Å²) in [6.07, 6.45) is 4.71. The highest BCUT2D eigenvalue weighted by atomic mass is 79.9. The van der Waals surface area contributed by atoms with Gasteiger partial charge in [0.05, 0.1) is 30.7 Å². The summed E-state index contributed by atoms with van der Waals surface area (Å²) < 4.78 is 9.54. The number of rotatable bonds is 9. The summed E-state index contributed by atoms with van der Waals surface area (Å²) >= 11 is 7.09. The van der Waals surface area contributed by atoms with E-state index in [2.05, 4.69) is 115 Å². The molecule has 0 atom stereocenters. The Morgan fingerprint density at radius 1 is 0.949 bits per heavy atom. The first-order valence-electron chi connectivity index (χ1n) is 12.5. The molecule has 0 amide bonds. The van der Waals surface area contributed by atoms with Gasteiger partial charge in [-0.25, -0.2) is 0 Å². The Morgan fingerprint density at radius 3 is 2.28 bits per heavy atom. The van der Waals surface area contributed by atoms with Gasteiger partial charge in [0.2, 0.25) is 11.4 Å². The highest BCUT2D eigenvalue weighted by Crippen LogP contribution is 2.36. The zero-order chi connectivity index (χ0) is 27.9. The van der Waals surface area contributed by atoms with Gasteiger partial charge in [0.15, 0.2) is 0 Å². The van der Waals surface area contributed by atoms with Crippen LogP contribution >= 0.6 is 31.9 Å². The van der Waals surface area contributed by atoms with Crippen LogP contribution in [0.15, 0.2) is 81.7 Å². The monoisotopic (exact) mass is 646 g/mol. The molecule has 1 heterocycles. The van der Waals surface area contributed by atoms with E-state index >= 15 is 0 Å². The maximum absolute atomic E-state index is 9.95. The van der Waals surface area contributed by atoms with Gasteiger partial charge in [-0.3, -0.25) is 0 Å². The van der Waals surface area contributed by atoms with Crippen LogP contribution in [-0.2, 0) is 13.7 Å². The van der Waals surface area contributed by atoms with Crippen LogP contribution in [0.25, 0.3) is 34.5 Å². The number of aliphatic hydroxyl groups is 1. The SMILES string of the molecule is COc1cc(-c2cc(/C=C/c3ccc(N(C)CCC#N)cc3)[n+](C)c(-c3ccc(Br)cc3)c2)cc(CO)c1Br. The van der Waals surface area contributed by atoms with E-state index in [1.54, 1.807) is 7.11 Å². The standard InChI is InChI=1S/C32H30Br2N3O2/c1-36(16-4-15-35)28-12-5-22(6-13-28)7-14-29-18-25(24-17-26(21-38)32(34)31(20-24)39-3)19-30(37(29)2)23-8-10-27(33)11-9-23/h5-14,17-20,38H,4,16,21H2,1-3H3/q+1. The van der Waals surface area contributed by atoms with Crippen LogP contribution in [0.3, 0.4) is 0 Å². The first-order valence-corrected chi connectivity index (χ1v) is 14.1. The zero-order valence-corrected chi connectivity index (χ0v) is 25.3. The third-order valence-electron chi connectivity index (χ3n) is 6.66. The molecule has 0 saturated carbocycles. The van der Waals surface area contributed by atoms with Gasteiger partial charge >= 0.3 is 0 Å². The lowest BCUT2D eigenvalue weighted by Crippen LogP contribution is -2.34. The fraction of sp³-hybridized carbons (Fsp3) is 0.188. The van der Waals surface area contributed by atoms with Gasteiger partial charge in [0.25, 0.3) is 0 Å². The first kappa shape index (κ1) is 28.6. The Morgan fingerprint density at radius 2 is 1.64 bits per heavy atom. The first-order chi connectivity index (χ1) is 18.8. The van der Waals surface area contributed by atoms with Gasteiger partial charge in [-0.05, 0) is 92.8 Å².